The molecule has 4 rings (SSSR count). The van der Waals surface area contributed by atoms with Gasteiger partial charge in [-0.15, -0.1) is 0 Å². The molecule has 1 atom stereocenters. The van der Waals surface area contributed by atoms with Crippen molar-refractivity contribution in [2.45, 2.75) is 40.2 Å². The number of carbonyl (C=O) groups is 2. The first kappa shape index (κ1) is 29.6. The Morgan fingerprint density at radius 1 is 1.02 bits per heavy atom. The fourth-order valence-electron chi connectivity index (χ4n) is 5.11. The third-order valence-corrected chi connectivity index (χ3v) is 7.72. The van der Waals surface area contributed by atoms with E-state index in [4.69, 9.17) is 19.3 Å². The normalized spacial score (nSPS) is 17.6. The number of benzene rings is 2. The SMILES string of the molecule is COc1ccc([C@H]2CC(c3ccc(C)c(C)c3)=NN2C(=O)CN(CCN2CCOCC2)C(=O)C(C)C)cc1OC. The summed E-state index contributed by atoms with van der Waals surface area (Å²) in [6.07, 6.45) is 0.551. The summed E-state index contributed by atoms with van der Waals surface area (Å²) in [6, 6.07) is 11.6. The Morgan fingerprint density at radius 3 is 2.40 bits per heavy atom. The number of ether oxygens (including phenoxy) is 3. The van der Waals surface area contributed by atoms with E-state index in [1.807, 2.05) is 32.0 Å². The molecule has 2 aliphatic rings. The first-order valence-corrected chi connectivity index (χ1v) is 14.0. The molecule has 0 unspecified atom stereocenters. The molecule has 2 amide bonds. The fraction of sp³-hybridized carbons (Fsp3) is 0.516. The quantitative estimate of drug-likeness (QED) is 0.447. The van der Waals surface area contributed by atoms with Crippen LogP contribution in [0.1, 0.15) is 48.6 Å². The number of carbonyl (C=O) groups excluding carboxylic acids is 2. The van der Waals surface area contributed by atoms with Crippen molar-refractivity contribution in [3.8, 4) is 11.5 Å². The van der Waals surface area contributed by atoms with E-state index in [-0.39, 0.29) is 30.3 Å². The summed E-state index contributed by atoms with van der Waals surface area (Å²) >= 11 is 0. The van der Waals surface area contributed by atoms with Gasteiger partial charge >= 0.3 is 0 Å². The van der Waals surface area contributed by atoms with Gasteiger partial charge in [-0.05, 0) is 54.3 Å². The van der Waals surface area contributed by atoms with Crippen molar-refractivity contribution in [2.75, 3.05) is 60.2 Å². The van der Waals surface area contributed by atoms with Gasteiger partial charge in [-0.1, -0.05) is 32.0 Å². The zero-order valence-electron chi connectivity index (χ0n) is 24.6. The van der Waals surface area contributed by atoms with Gasteiger partial charge in [-0.25, -0.2) is 5.01 Å². The number of nitrogens with zero attached hydrogens (tertiary/aromatic N) is 4. The number of hydrogen-bond donors (Lipinski definition) is 0. The molecule has 0 bridgehead atoms. The van der Waals surface area contributed by atoms with Crippen molar-refractivity contribution in [3.05, 3.63) is 58.7 Å². The lowest BCUT2D eigenvalue weighted by molar-refractivity contribution is -0.143. The van der Waals surface area contributed by atoms with Crippen LogP contribution in [-0.4, -0.2) is 92.5 Å². The molecule has 0 spiro atoms. The van der Waals surface area contributed by atoms with Gasteiger partial charge in [-0.3, -0.25) is 14.5 Å². The zero-order chi connectivity index (χ0) is 28.8. The van der Waals surface area contributed by atoms with Gasteiger partial charge in [0.1, 0.15) is 6.54 Å². The number of hydrogen-bond acceptors (Lipinski definition) is 7. The van der Waals surface area contributed by atoms with Crippen molar-refractivity contribution < 1.29 is 23.8 Å². The van der Waals surface area contributed by atoms with Crippen LogP contribution in [0.4, 0.5) is 0 Å². The summed E-state index contributed by atoms with van der Waals surface area (Å²) in [5.41, 5.74) is 5.10. The van der Waals surface area contributed by atoms with Crippen molar-refractivity contribution in [2.24, 2.45) is 11.0 Å². The number of rotatable bonds is 10. The summed E-state index contributed by atoms with van der Waals surface area (Å²) < 4.78 is 16.4. The largest absolute Gasteiger partial charge is 0.493 e. The van der Waals surface area contributed by atoms with Gasteiger partial charge in [-0.2, -0.15) is 5.10 Å². The maximum atomic E-state index is 13.9. The molecule has 2 aromatic carbocycles. The molecule has 0 saturated carbocycles. The van der Waals surface area contributed by atoms with E-state index >= 15 is 0 Å². The van der Waals surface area contributed by atoms with Crippen LogP contribution in [0.5, 0.6) is 11.5 Å². The second kappa shape index (κ2) is 13.3. The molecule has 0 N–H and O–H groups in total. The van der Waals surface area contributed by atoms with Gasteiger partial charge < -0.3 is 19.1 Å². The van der Waals surface area contributed by atoms with Crippen molar-refractivity contribution in [1.82, 2.24) is 14.8 Å². The number of methoxy groups -OCH3 is 2. The number of aryl methyl sites for hydroxylation is 2. The summed E-state index contributed by atoms with van der Waals surface area (Å²) in [4.78, 5) is 31.1. The van der Waals surface area contributed by atoms with E-state index in [0.717, 1.165) is 29.9 Å². The number of morpholine rings is 1. The van der Waals surface area contributed by atoms with Crippen molar-refractivity contribution in [3.63, 3.8) is 0 Å². The van der Waals surface area contributed by atoms with E-state index in [1.54, 1.807) is 24.1 Å². The van der Waals surface area contributed by atoms with Gasteiger partial charge in [0, 0.05) is 38.5 Å². The predicted octanol–water partition coefficient (Wildman–Crippen LogP) is 3.82. The third-order valence-electron chi connectivity index (χ3n) is 7.72. The third kappa shape index (κ3) is 6.82. The Hall–Kier alpha value is -3.43. The summed E-state index contributed by atoms with van der Waals surface area (Å²) in [7, 11) is 3.20. The molecule has 9 heteroatoms. The van der Waals surface area contributed by atoms with Crippen LogP contribution in [0.3, 0.4) is 0 Å². The standard InChI is InChI=1S/C31H42N4O5/c1-21(2)31(37)34(12-11-33-13-15-40-16-14-33)20-30(36)35-27(25-9-10-28(38-5)29(18-25)39-6)19-26(32-35)24-8-7-22(3)23(4)17-24/h7-10,17-18,21,27H,11-16,19-20H2,1-6H3/t27-/m1/s1. The molecule has 0 aromatic heterocycles. The Labute approximate surface area is 237 Å². The van der Waals surface area contributed by atoms with E-state index in [0.29, 0.717) is 44.2 Å². The van der Waals surface area contributed by atoms with Crippen LogP contribution in [0, 0.1) is 19.8 Å². The molecule has 40 heavy (non-hydrogen) atoms. The minimum atomic E-state index is -0.334. The molecule has 2 aromatic rings. The zero-order valence-corrected chi connectivity index (χ0v) is 24.6. The monoisotopic (exact) mass is 550 g/mol. The topological polar surface area (TPSA) is 83.9 Å². The van der Waals surface area contributed by atoms with Crippen LogP contribution < -0.4 is 9.47 Å². The molecular formula is C31H42N4O5. The first-order chi connectivity index (χ1) is 19.2. The molecule has 2 aliphatic heterocycles. The van der Waals surface area contributed by atoms with E-state index in [9.17, 15) is 9.59 Å². The van der Waals surface area contributed by atoms with E-state index in [1.165, 1.54) is 11.1 Å². The second-order valence-corrected chi connectivity index (χ2v) is 10.8. The maximum Gasteiger partial charge on any atom is 0.262 e. The fourth-order valence-corrected chi connectivity index (χ4v) is 5.11. The number of hydrazone groups is 1. The van der Waals surface area contributed by atoms with Crippen LogP contribution in [0.2, 0.25) is 0 Å². The average molecular weight is 551 g/mol. The molecule has 2 heterocycles. The highest BCUT2D eigenvalue weighted by Crippen LogP contribution is 2.37. The summed E-state index contributed by atoms with van der Waals surface area (Å²) in [5.74, 6) is 0.743. The Morgan fingerprint density at radius 2 is 1.75 bits per heavy atom. The van der Waals surface area contributed by atoms with E-state index < -0.39 is 0 Å². The van der Waals surface area contributed by atoms with Gasteiger partial charge in [0.15, 0.2) is 11.5 Å². The predicted molar refractivity (Wildman–Crippen MR) is 155 cm³/mol. The summed E-state index contributed by atoms with van der Waals surface area (Å²) in [5, 5.41) is 6.41. The molecule has 0 aliphatic carbocycles. The molecule has 1 saturated heterocycles. The number of amides is 2. The Kier molecular flexibility index (Phi) is 9.81. The van der Waals surface area contributed by atoms with Gasteiger partial charge in [0.25, 0.3) is 5.91 Å². The smallest absolute Gasteiger partial charge is 0.262 e. The minimum absolute atomic E-state index is 0.0329. The molecule has 216 valence electrons. The first-order valence-electron chi connectivity index (χ1n) is 14.0. The van der Waals surface area contributed by atoms with E-state index in [2.05, 4.69) is 36.9 Å². The lowest BCUT2D eigenvalue weighted by Gasteiger charge is -2.31. The van der Waals surface area contributed by atoms with Crippen LogP contribution in [-0.2, 0) is 14.3 Å². The van der Waals surface area contributed by atoms with Crippen LogP contribution >= 0.6 is 0 Å². The second-order valence-electron chi connectivity index (χ2n) is 10.8. The molecule has 9 nitrogen and oxygen atoms in total. The average Bonchev–Trinajstić information content (AvgIpc) is 3.42. The lowest BCUT2D eigenvalue weighted by atomic mass is 9.96. The lowest BCUT2D eigenvalue weighted by Crippen LogP contribution is -2.47. The minimum Gasteiger partial charge on any atom is -0.493 e. The highest BCUT2D eigenvalue weighted by atomic mass is 16.5. The van der Waals surface area contributed by atoms with Crippen LogP contribution in [0.15, 0.2) is 41.5 Å². The Bertz CT molecular complexity index is 1240. The Balaban J connectivity index is 1.62. The maximum absolute atomic E-state index is 13.9. The van der Waals surface area contributed by atoms with Gasteiger partial charge in [0.05, 0.1) is 39.2 Å². The van der Waals surface area contributed by atoms with Crippen LogP contribution in [0.25, 0.3) is 0 Å². The highest BCUT2D eigenvalue weighted by molar-refractivity contribution is 6.03. The molecule has 1 fully saturated rings. The summed E-state index contributed by atoms with van der Waals surface area (Å²) in [6.45, 7) is 12.1. The molecular weight excluding hydrogens is 508 g/mol. The highest BCUT2D eigenvalue weighted by Gasteiger charge is 2.35. The van der Waals surface area contributed by atoms with Crippen molar-refractivity contribution in [1.29, 1.82) is 0 Å². The van der Waals surface area contributed by atoms with Gasteiger partial charge in [0.2, 0.25) is 5.91 Å². The van der Waals surface area contributed by atoms with Crippen molar-refractivity contribution >= 4 is 17.5 Å². The molecule has 0 radical (unpaired) electrons.